The number of sulfonamides is 1. The van der Waals surface area contributed by atoms with Gasteiger partial charge in [0.2, 0.25) is 10.0 Å². The molecule has 0 aliphatic rings. The van der Waals surface area contributed by atoms with Crippen molar-refractivity contribution in [1.29, 1.82) is 0 Å². The summed E-state index contributed by atoms with van der Waals surface area (Å²) in [4.78, 5) is 6.17. The van der Waals surface area contributed by atoms with Gasteiger partial charge in [-0.05, 0) is 32.4 Å². The molecule has 0 aliphatic carbocycles. The third-order valence-electron chi connectivity index (χ3n) is 3.50. The van der Waals surface area contributed by atoms with Gasteiger partial charge >= 0.3 is 0 Å². The van der Waals surface area contributed by atoms with Crippen LogP contribution in [0.4, 0.5) is 0 Å². The predicted octanol–water partition coefficient (Wildman–Crippen LogP) is 1.21. The summed E-state index contributed by atoms with van der Waals surface area (Å²) in [6.07, 6.45) is 1.15. The fourth-order valence-electron chi connectivity index (χ4n) is 2.34. The molecule has 0 atom stereocenters. The number of rotatable bonds is 8. The summed E-state index contributed by atoms with van der Waals surface area (Å²) in [5.41, 5.74) is 0.475. The zero-order valence-electron chi connectivity index (χ0n) is 16.0. The van der Waals surface area contributed by atoms with Crippen LogP contribution in [-0.4, -0.2) is 64.9 Å². The van der Waals surface area contributed by atoms with Crippen molar-refractivity contribution in [2.75, 3.05) is 40.0 Å². The second kappa shape index (κ2) is 9.05. The van der Waals surface area contributed by atoms with Crippen LogP contribution in [0.3, 0.4) is 0 Å². The van der Waals surface area contributed by atoms with Crippen molar-refractivity contribution in [1.82, 2.24) is 14.9 Å². The van der Waals surface area contributed by atoms with Crippen LogP contribution < -0.4 is 14.8 Å². The van der Waals surface area contributed by atoms with E-state index < -0.39 is 15.6 Å². The maximum atomic E-state index is 11.4. The predicted molar refractivity (Wildman–Crippen MR) is 103 cm³/mol. The lowest BCUT2D eigenvalue weighted by Crippen LogP contribution is -2.53. The van der Waals surface area contributed by atoms with Crippen LogP contribution in [0.2, 0.25) is 0 Å². The van der Waals surface area contributed by atoms with E-state index in [0.29, 0.717) is 25.7 Å². The highest BCUT2D eigenvalue weighted by Gasteiger charge is 2.22. The van der Waals surface area contributed by atoms with E-state index in [2.05, 4.69) is 15.0 Å². The normalized spacial score (nSPS) is 12.8. The van der Waals surface area contributed by atoms with E-state index in [4.69, 9.17) is 4.74 Å². The maximum absolute atomic E-state index is 11.4. The molecule has 25 heavy (non-hydrogen) atoms. The molecule has 0 spiro atoms. The van der Waals surface area contributed by atoms with E-state index in [1.807, 2.05) is 57.0 Å². The number of para-hydroxylation sites is 1. The molecular weight excluding hydrogens is 340 g/mol. The topological polar surface area (TPSA) is 83.0 Å². The second-order valence-electron chi connectivity index (χ2n) is 6.69. The number of hydrogen-bond donors (Lipinski definition) is 2. The van der Waals surface area contributed by atoms with Crippen LogP contribution in [0.5, 0.6) is 5.75 Å². The lowest BCUT2D eigenvalue weighted by atomic mass is 10.1. The van der Waals surface area contributed by atoms with Gasteiger partial charge < -0.3 is 15.0 Å². The molecule has 0 saturated carbocycles. The number of ether oxygens (including phenoxy) is 1. The van der Waals surface area contributed by atoms with Gasteiger partial charge in [-0.2, -0.15) is 0 Å². The number of aryl methyl sites for hydroxylation is 1. The summed E-state index contributed by atoms with van der Waals surface area (Å²) < 4.78 is 31.2. The number of guanidine groups is 1. The quantitative estimate of drug-likeness (QED) is 0.531. The lowest BCUT2D eigenvalue weighted by Gasteiger charge is -2.29. The molecule has 0 fully saturated rings. The standard InChI is InChI=1S/C17H30N4O3S/c1-14-9-7-8-10-15(14)24-12-11-21(5)16(18-4)19-13-17(2,3)20-25(6,22)23/h7-10,20H,11-13H2,1-6H3,(H,18,19). The summed E-state index contributed by atoms with van der Waals surface area (Å²) in [5, 5.41) is 3.19. The molecular formula is C17H30N4O3S. The minimum Gasteiger partial charge on any atom is -0.491 e. The molecule has 1 aromatic rings. The van der Waals surface area contributed by atoms with Gasteiger partial charge in [0.05, 0.1) is 12.8 Å². The fraction of sp³-hybridized carbons (Fsp3) is 0.588. The molecule has 0 aromatic heterocycles. The Hall–Kier alpha value is -1.80. The van der Waals surface area contributed by atoms with Crippen molar-refractivity contribution >= 4 is 16.0 Å². The first-order valence-corrected chi connectivity index (χ1v) is 10.0. The van der Waals surface area contributed by atoms with Gasteiger partial charge in [0.1, 0.15) is 12.4 Å². The van der Waals surface area contributed by atoms with Crippen LogP contribution in [0.15, 0.2) is 29.3 Å². The molecule has 0 amide bonds. The van der Waals surface area contributed by atoms with Gasteiger partial charge in [0, 0.05) is 26.2 Å². The molecule has 1 rings (SSSR count). The Labute approximate surface area is 151 Å². The molecule has 0 unspecified atom stereocenters. The van der Waals surface area contributed by atoms with Gasteiger partial charge in [-0.1, -0.05) is 18.2 Å². The fourth-order valence-corrected chi connectivity index (χ4v) is 3.42. The van der Waals surface area contributed by atoms with E-state index in [-0.39, 0.29) is 0 Å². The van der Waals surface area contributed by atoms with E-state index in [9.17, 15) is 8.42 Å². The summed E-state index contributed by atoms with van der Waals surface area (Å²) >= 11 is 0. The molecule has 142 valence electrons. The van der Waals surface area contributed by atoms with Gasteiger partial charge in [0.25, 0.3) is 0 Å². The maximum Gasteiger partial charge on any atom is 0.209 e. The van der Waals surface area contributed by atoms with Crippen molar-refractivity contribution in [3.8, 4) is 5.75 Å². The number of benzene rings is 1. The second-order valence-corrected chi connectivity index (χ2v) is 8.44. The average molecular weight is 371 g/mol. The summed E-state index contributed by atoms with van der Waals surface area (Å²) in [7, 11) is 0.334. The molecule has 1 aromatic carbocycles. The Morgan fingerprint density at radius 1 is 1.32 bits per heavy atom. The zero-order valence-corrected chi connectivity index (χ0v) is 16.8. The molecule has 0 bridgehead atoms. The van der Waals surface area contributed by atoms with E-state index in [1.165, 1.54) is 0 Å². The Morgan fingerprint density at radius 3 is 2.52 bits per heavy atom. The summed E-state index contributed by atoms with van der Waals surface area (Å²) in [6.45, 7) is 7.22. The minimum atomic E-state index is -3.27. The van der Waals surface area contributed by atoms with Crippen molar-refractivity contribution < 1.29 is 13.2 Å². The van der Waals surface area contributed by atoms with Gasteiger partial charge in [-0.3, -0.25) is 4.99 Å². The summed E-state index contributed by atoms with van der Waals surface area (Å²) in [6, 6.07) is 7.88. The van der Waals surface area contributed by atoms with Crippen molar-refractivity contribution in [2.45, 2.75) is 26.3 Å². The number of nitrogens with one attached hydrogen (secondary N) is 2. The van der Waals surface area contributed by atoms with Crippen LogP contribution in [-0.2, 0) is 10.0 Å². The highest BCUT2D eigenvalue weighted by atomic mass is 32.2. The molecule has 0 heterocycles. The number of aliphatic imine (C=N–C) groups is 1. The van der Waals surface area contributed by atoms with E-state index >= 15 is 0 Å². The Balaban J connectivity index is 2.49. The van der Waals surface area contributed by atoms with Crippen LogP contribution in [0, 0.1) is 6.92 Å². The smallest absolute Gasteiger partial charge is 0.209 e. The van der Waals surface area contributed by atoms with Gasteiger partial charge in [0.15, 0.2) is 5.96 Å². The van der Waals surface area contributed by atoms with Crippen LogP contribution >= 0.6 is 0 Å². The number of hydrogen-bond acceptors (Lipinski definition) is 4. The zero-order chi connectivity index (χ0) is 19.1. The average Bonchev–Trinajstić information content (AvgIpc) is 2.47. The highest BCUT2D eigenvalue weighted by molar-refractivity contribution is 7.88. The molecule has 8 heteroatoms. The van der Waals surface area contributed by atoms with Crippen molar-refractivity contribution in [2.24, 2.45) is 4.99 Å². The van der Waals surface area contributed by atoms with Crippen molar-refractivity contribution in [3.05, 3.63) is 29.8 Å². The monoisotopic (exact) mass is 370 g/mol. The molecule has 2 N–H and O–H groups in total. The Bertz CT molecular complexity index is 687. The van der Waals surface area contributed by atoms with Crippen LogP contribution in [0.25, 0.3) is 0 Å². The first kappa shape index (κ1) is 21.2. The Morgan fingerprint density at radius 2 is 1.96 bits per heavy atom. The summed E-state index contributed by atoms with van der Waals surface area (Å²) in [5.74, 6) is 1.55. The first-order chi connectivity index (χ1) is 11.5. The number of nitrogens with zero attached hydrogens (tertiary/aromatic N) is 2. The highest BCUT2D eigenvalue weighted by Crippen LogP contribution is 2.15. The largest absolute Gasteiger partial charge is 0.491 e. The number of likely N-dealkylation sites (N-methyl/N-ethyl adjacent to an activating group) is 1. The van der Waals surface area contributed by atoms with Gasteiger partial charge in [-0.15, -0.1) is 0 Å². The Kier molecular flexibility index (Phi) is 7.69. The lowest BCUT2D eigenvalue weighted by molar-refractivity contribution is 0.279. The minimum absolute atomic E-state index is 0.412. The van der Waals surface area contributed by atoms with Crippen LogP contribution in [0.1, 0.15) is 19.4 Å². The first-order valence-electron chi connectivity index (χ1n) is 8.13. The molecule has 0 aliphatic heterocycles. The molecule has 0 saturated heterocycles. The third kappa shape index (κ3) is 8.22. The van der Waals surface area contributed by atoms with E-state index in [0.717, 1.165) is 17.6 Å². The molecule has 7 nitrogen and oxygen atoms in total. The van der Waals surface area contributed by atoms with Crippen molar-refractivity contribution in [3.63, 3.8) is 0 Å². The SMILES string of the molecule is CN=C(NCC(C)(C)NS(C)(=O)=O)N(C)CCOc1ccccc1C. The molecule has 0 radical (unpaired) electrons. The van der Waals surface area contributed by atoms with E-state index in [1.54, 1.807) is 7.05 Å². The third-order valence-corrected chi connectivity index (χ3v) is 4.42. The van der Waals surface area contributed by atoms with Gasteiger partial charge in [-0.25, -0.2) is 13.1 Å².